The zero-order valence-corrected chi connectivity index (χ0v) is 24.2. The van der Waals surface area contributed by atoms with E-state index in [4.69, 9.17) is 0 Å². The summed E-state index contributed by atoms with van der Waals surface area (Å²) in [6, 6.07) is 7.87. The standard InChI is InChI=1S/C31H36N2O3S2/c1-19-18-25-27(20(2)31(14-15-31)30(4,36)28(25)34)24(19)8-7-17-33-29(35)23-12-10-22(11-13-23)21(3)37-38-26-9-5-6-16-32-26/h6,10-13,16,18,21,36H,5,7-9,14-15,17H2,1-4H3,(H,33,35)/t21?,30-/m0/s1. The first-order chi connectivity index (χ1) is 18.2. The summed E-state index contributed by atoms with van der Waals surface area (Å²) >= 11 is 0. The monoisotopic (exact) mass is 548 g/mol. The highest BCUT2D eigenvalue weighted by atomic mass is 33.1. The molecule has 0 bridgehead atoms. The lowest BCUT2D eigenvalue weighted by atomic mass is 9.67. The number of hydrogen-bond donors (Lipinski definition) is 2. The molecule has 1 amide bonds. The van der Waals surface area contributed by atoms with E-state index >= 15 is 0 Å². The number of ketones is 1. The van der Waals surface area contributed by atoms with Crippen LogP contribution in [-0.2, 0) is 4.79 Å². The van der Waals surface area contributed by atoms with E-state index in [1.807, 2.05) is 43.5 Å². The average molecular weight is 549 g/mol. The van der Waals surface area contributed by atoms with Crippen molar-refractivity contribution in [2.75, 3.05) is 6.54 Å². The molecular formula is C31H36N2O3S2. The summed E-state index contributed by atoms with van der Waals surface area (Å²) in [5.74, 6) is -0.213. The molecule has 0 radical (unpaired) electrons. The summed E-state index contributed by atoms with van der Waals surface area (Å²) in [5, 5.41) is 15.6. The van der Waals surface area contributed by atoms with Crippen molar-refractivity contribution >= 4 is 38.3 Å². The van der Waals surface area contributed by atoms with Gasteiger partial charge in [0.2, 0.25) is 0 Å². The Kier molecular flexibility index (Phi) is 7.64. The maximum atomic E-state index is 13.1. The largest absolute Gasteiger partial charge is 0.381 e. The molecule has 2 atom stereocenters. The molecule has 4 aliphatic rings. The molecule has 1 aliphatic heterocycles. The SMILES string of the molecule is CC1=C(CCCNC(=O)c2ccc(C(C)SSC3=NC=CCC3)cc2)C2=C(C)C3(CC3)[C@@](C)(O)C(=O)C2=C1. The second kappa shape index (κ2) is 10.7. The lowest BCUT2D eigenvalue weighted by Gasteiger charge is -2.39. The lowest BCUT2D eigenvalue weighted by Crippen LogP contribution is -2.49. The van der Waals surface area contributed by atoms with Crippen LogP contribution in [0.2, 0.25) is 0 Å². The van der Waals surface area contributed by atoms with Gasteiger partial charge < -0.3 is 10.4 Å². The van der Waals surface area contributed by atoms with Gasteiger partial charge in [-0.2, -0.15) is 0 Å². The Labute approximate surface area is 233 Å². The summed E-state index contributed by atoms with van der Waals surface area (Å²) in [6.45, 7) is 8.55. The Balaban J connectivity index is 1.13. The Morgan fingerprint density at radius 2 is 1.95 bits per heavy atom. The molecule has 38 heavy (non-hydrogen) atoms. The lowest BCUT2D eigenvalue weighted by molar-refractivity contribution is -0.137. The van der Waals surface area contributed by atoms with Crippen LogP contribution in [0, 0.1) is 5.41 Å². The number of aliphatic imine (C=N–C) groups is 1. The predicted molar refractivity (Wildman–Crippen MR) is 158 cm³/mol. The van der Waals surface area contributed by atoms with Crippen LogP contribution in [0.25, 0.3) is 0 Å². The minimum Gasteiger partial charge on any atom is -0.381 e. The summed E-state index contributed by atoms with van der Waals surface area (Å²) in [5.41, 5.74) is 5.28. The molecule has 1 saturated carbocycles. The van der Waals surface area contributed by atoms with Crippen LogP contribution < -0.4 is 5.32 Å². The molecule has 3 aliphatic carbocycles. The molecule has 1 spiro atoms. The number of fused-ring (bicyclic) bond motifs is 1. The van der Waals surface area contributed by atoms with E-state index in [1.54, 1.807) is 28.5 Å². The molecule has 1 aromatic carbocycles. The van der Waals surface area contributed by atoms with Crippen molar-refractivity contribution in [3.8, 4) is 0 Å². The maximum absolute atomic E-state index is 13.1. The summed E-state index contributed by atoms with van der Waals surface area (Å²) in [7, 11) is 3.53. The van der Waals surface area contributed by atoms with Crippen molar-refractivity contribution in [3.05, 3.63) is 81.6 Å². The van der Waals surface area contributed by atoms with Crippen LogP contribution >= 0.6 is 21.6 Å². The predicted octanol–water partition coefficient (Wildman–Crippen LogP) is 7.03. The Bertz CT molecular complexity index is 1310. The van der Waals surface area contributed by atoms with Gasteiger partial charge >= 0.3 is 0 Å². The van der Waals surface area contributed by atoms with Crippen LogP contribution in [0.4, 0.5) is 0 Å². The maximum Gasteiger partial charge on any atom is 0.251 e. The molecule has 7 heteroatoms. The number of Topliss-reactive ketones (excluding diaryl/α,β-unsaturated/α-hetero) is 1. The van der Waals surface area contributed by atoms with Gasteiger partial charge in [0.1, 0.15) is 5.60 Å². The smallest absolute Gasteiger partial charge is 0.251 e. The molecule has 1 aromatic rings. The normalized spacial score (nSPS) is 24.4. The van der Waals surface area contributed by atoms with Gasteiger partial charge in [-0.3, -0.25) is 14.6 Å². The van der Waals surface area contributed by atoms with E-state index in [-0.39, 0.29) is 11.7 Å². The summed E-state index contributed by atoms with van der Waals surface area (Å²) in [6.07, 6.45) is 11.3. The number of allylic oxidation sites excluding steroid dienone is 5. The van der Waals surface area contributed by atoms with Gasteiger partial charge in [0.05, 0.1) is 5.04 Å². The number of rotatable bonds is 8. The number of nitrogens with zero attached hydrogens (tertiary/aromatic N) is 1. The fourth-order valence-electron chi connectivity index (χ4n) is 5.94. The van der Waals surface area contributed by atoms with Crippen LogP contribution in [0.1, 0.15) is 87.4 Å². The van der Waals surface area contributed by atoms with Crippen molar-refractivity contribution in [1.82, 2.24) is 5.32 Å². The highest BCUT2D eigenvalue weighted by Gasteiger charge is 2.64. The second-order valence-electron chi connectivity index (χ2n) is 11.0. The number of nitrogens with one attached hydrogen (secondary N) is 1. The molecule has 2 N–H and O–H groups in total. The molecule has 5 rings (SSSR count). The van der Waals surface area contributed by atoms with Crippen molar-refractivity contribution in [1.29, 1.82) is 0 Å². The molecule has 1 fully saturated rings. The Morgan fingerprint density at radius 3 is 2.61 bits per heavy atom. The van der Waals surface area contributed by atoms with Crippen molar-refractivity contribution in [2.24, 2.45) is 10.4 Å². The Morgan fingerprint density at radius 1 is 1.21 bits per heavy atom. The third kappa shape index (κ3) is 4.89. The van der Waals surface area contributed by atoms with Gasteiger partial charge in [-0.05, 0) is 111 Å². The summed E-state index contributed by atoms with van der Waals surface area (Å²) < 4.78 is 0. The second-order valence-corrected chi connectivity index (χ2v) is 13.6. The quantitative estimate of drug-likeness (QED) is 0.269. The van der Waals surface area contributed by atoms with Gasteiger partial charge in [-0.1, -0.05) is 34.6 Å². The number of amides is 1. The fraction of sp³-hybridized carbons (Fsp3) is 0.452. The van der Waals surface area contributed by atoms with Crippen LogP contribution in [0.5, 0.6) is 0 Å². The molecule has 1 unspecified atom stereocenters. The number of carbonyl (C=O) groups excluding carboxylic acids is 2. The molecule has 1 heterocycles. The van der Waals surface area contributed by atoms with Crippen molar-refractivity contribution < 1.29 is 14.7 Å². The highest BCUT2D eigenvalue weighted by Crippen LogP contribution is 2.65. The van der Waals surface area contributed by atoms with E-state index in [0.29, 0.717) is 22.9 Å². The van der Waals surface area contributed by atoms with Crippen LogP contribution in [0.15, 0.2) is 75.5 Å². The van der Waals surface area contributed by atoms with Gasteiger partial charge in [-0.15, -0.1) is 0 Å². The van der Waals surface area contributed by atoms with Gasteiger partial charge in [0.15, 0.2) is 5.78 Å². The van der Waals surface area contributed by atoms with Crippen LogP contribution in [0.3, 0.4) is 0 Å². The molecular weight excluding hydrogens is 512 g/mol. The van der Waals surface area contributed by atoms with E-state index in [1.165, 1.54) is 11.1 Å². The van der Waals surface area contributed by atoms with Crippen molar-refractivity contribution in [3.63, 3.8) is 0 Å². The average Bonchev–Trinajstić information content (AvgIpc) is 3.68. The minimum absolute atomic E-state index is 0.0678. The van der Waals surface area contributed by atoms with Crippen LogP contribution in [-0.4, -0.2) is 34.0 Å². The van der Waals surface area contributed by atoms with E-state index in [2.05, 4.69) is 30.2 Å². The van der Waals surface area contributed by atoms with Crippen molar-refractivity contribution in [2.45, 2.75) is 77.1 Å². The van der Waals surface area contributed by atoms with Gasteiger partial charge in [0.25, 0.3) is 5.91 Å². The van der Waals surface area contributed by atoms with E-state index in [0.717, 1.165) is 60.3 Å². The molecule has 5 nitrogen and oxygen atoms in total. The first-order valence-corrected chi connectivity index (χ1v) is 15.7. The number of hydrogen-bond acceptors (Lipinski definition) is 6. The van der Waals surface area contributed by atoms with Gasteiger partial charge in [-0.25, -0.2) is 0 Å². The van der Waals surface area contributed by atoms with E-state index < -0.39 is 11.0 Å². The highest BCUT2D eigenvalue weighted by molar-refractivity contribution is 8.82. The third-order valence-corrected chi connectivity index (χ3v) is 11.4. The number of aliphatic hydroxyl groups is 1. The number of benzene rings is 1. The zero-order chi connectivity index (χ0) is 27.1. The number of carbonyl (C=O) groups is 2. The third-order valence-electron chi connectivity index (χ3n) is 8.54. The fourth-order valence-corrected chi connectivity index (χ4v) is 8.25. The summed E-state index contributed by atoms with van der Waals surface area (Å²) in [4.78, 5) is 30.3. The molecule has 0 saturated heterocycles. The molecule has 200 valence electrons. The van der Waals surface area contributed by atoms with E-state index in [9.17, 15) is 14.7 Å². The first kappa shape index (κ1) is 27.2. The van der Waals surface area contributed by atoms with Gasteiger partial charge in [0, 0.05) is 41.0 Å². The molecule has 0 aromatic heterocycles. The zero-order valence-electron chi connectivity index (χ0n) is 22.6. The first-order valence-electron chi connectivity index (χ1n) is 13.5. The topological polar surface area (TPSA) is 78.8 Å². The minimum atomic E-state index is -1.32. The Hall–Kier alpha value is -2.35.